The Balaban J connectivity index is 1.53. The van der Waals surface area contributed by atoms with Gasteiger partial charge in [0.2, 0.25) is 0 Å². The fourth-order valence-electron chi connectivity index (χ4n) is 3.93. The second kappa shape index (κ2) is 7.44. The Kier molecular flexibility index (Phi) is 4.64. The molecule has 6 nitrogen and oxygen atoms in total. The fourth-order valence-corrected chi connectivity index (χ4v) is 4.06. The topological polar surface area (TPSA) is 65.1 Å². The van der Waals surface area contributed by atoms with E-state index in [2.05, 4.69) is 21.4 Å². The smallest absolute Gasteiger partial charge is 0.280 e. The van der Waals surface area contributed by atoms with E-state index in [9.17, 15) is 4.79 Å². The standard InChI is InChI=1S/C22H20ClN5O/c23-17-8-6-16(7-9-17)18-14-24-28-19-11-13-27(12-10-15-4-2-1-3-5-15)22(29)20(19)25-26-21(18)28/h4,6-9,11,13-14H,1-3,5,10,12H2. The maximum atomic E-state index is 12.9. The molecular formula is C22H20ClN5O. The van der Waals surface area contributed by atoms with Gasteiger partial charge in [-0.2, -0.15) is 5.10 Å². The van der Waals surface area contributed by atoms with Crippen molar-refractivity contribution in [3.8, 4) is 11.1 Å². The Morgan fingerprint density at radius 3 is 2.72 bits per heavy atom. The van der Waals surface area contributed by atoms with Crippen molar-refractivity contribution in [2.75, 3.05) is 0 Å². The Labute approximate surface area is 172 Å². The van der Waals surface area contributed by atoms with E-state index in [4.69, 9.17) is 11.6 Å². The van der Waals surface area contributed by atoms with E-state index in [1.807, 2.05) is 36.5 Å². The minimum absolute atomic E-state index is 0.128. The Morgan fingerprint density at radius 1 is 1.07 bits per heavy atom. The van der Waals surface area contributed by atoms with E-state index < -0.39 is 0 Å². The first-order valence-corrected chi connectivity index (χ1v) is 10.3. The molecule has 0 amide bonds. The van der Waals surface area contributed by atoms with Crippen molar-refractivity contribution in [2.24, 2.45) is 0 Å². The van der Waals surface area contributed by atoms with Crippen LogP contribution in [0.5, 0.6) is 0 Å². The first-order chi connectivity index (χ1) is 14.2. The Morgan fingerprint density at radius 2 is 1.93 bits per heavy atom. The molecule has 3 heterocycles. The van der Waals surface area contributed by atoms with Crippen LogP contribution in [0.25, 0.3) is 27.8 Å². The minimum atomic E-state index is -0.128. The van der Waals surface area contributed by atoms with E-state index in [1.54, 1.807) is 15.3 Å². The van der Waals surface area contributed by atoms with Crippen molar-refractivity contribution in [3.05, 3.63) is 69.8 Å². The number of allylic oxidation sites excluding steroid dienone is 2. The number of aryl methyl sites for hydroxylation is 1. The molecule has 0 radical (unpaired) electrons. The number of benzene rings is 1. The molecule has 5 rings (SSSR count). The third kappa shape index (κ3) is 3.34. The molecule has 0 bridgehead atoms. The second-order valence-electron chi connectivity index (χ2n) is 7.41. The number of halogens is 1. The number of nitrogens with zero attached hydrogens (tertiary/aromatic N) is 5. The van der Waals surface area contributed by atoms with Crippen molar-refractivity contribution >= 4 is 28.3 Å². The van der Waals surface area contributed by atoms with Crippen LogP contribution in [0.3, 0.4) is 0 Å². The summed E-state index contributed by atoms with van der Waals surface area (Å²) >= 11 is 5.99. The van der Waals surface area contributed by atoms with Gasteiger partial charge in [0, 0.05) is 23.3 Å². The van der Waals surface area contributed by atoms with E-state index in [0.29, 0.717) is 28.2 Å². The van der Waals surface area contributed by atoms with Crippen LogP contribution in [0.2, 0.25) is 5.02 Å². The third-order valence-electron chi connectivity index (χ3n) is 5.55. The average Bonchev–Trinajstić information content (AvgIpc) is 3.19. The van der Waals surface area contributed by atoms with Crippen LogP contribution in [0, 0.1) is 0 Å². The second-order valence-corrected chi connectivity index (χ2v) is 7.84. The zero-order valence-electron chi connectivity index (χ0n) is 15.9. The molecule has 0 saturated carbocycles. The summed E-state index contributed by atoms with van der Waals surface area (Å²) in [6, 6.07) is 9.39. The summed E-state index contributed by atoms with van der Waals surface area (Å²) in [5, 5.41) is 13.7. The van der Waals surface area contributed by atoms with Crippen molar-refractivity contribution < 1.29 is 0 Å². The first kappa shape index (κ1) is 18.1. The molecule has 0 fully saturated rings. The predicted octanol–water partition coefficient (Wildman–Crippen LogP) is 4.65. The van der Waals surface area contributed by atoms with Crippen LogP contribution < -0.4 is 5.56 Å². The first-order valence-electron chi connectivity index (χ1n) is 9.88. The van der Waals surface area contributed by atoms with Gasteiger partial charge >= 0.3 is 0 Å². The van der Waals surface area contributed by atoms with Gasteiger partial charge in [0.1, 0.15) is 5.52 Å². The molecule has 0 N–H and O–H groups in total. The van der Waals surface area contributed by atoms with Gasteiger partial charge in [-0.1, -0.05) is 35.4 Å². The number of hydrogen-bond acceptors (Lipinski definition) is 4. The monoisotopic (exact) mass is 405 g/mol. The van der Waals surface area contributed by atoms with Crippen LogP contribution in [0.4, 0.5) is 0 Å². The van der Waals surface area contributed by atoms with E-state index >= 15 is 0 Å². The summed E-state index contributed by atoms with van der Waals surface area (Å²) in [4.78, 5) is 12.9. The highest BCUT2D eigenvalue weighted by atomic mass is 35.5. The van der Waals surface area contributed by atoms with Gasteiger partial charge in [0.25, 0.3) is 5.56 Å². The molecule has 0 aliphatic heterocycles. The van der Waals surface area contributed by atoms with Gasteiger partial charge in [-0.15, -0.1) is 10.2 Å². The largest absolute Gasteiger partial charge is 0.313 e. The lowest BCUT2D eigenvalue weighted by Crippen LogP contribution is -2.22. The lowest BCUT2D eigenvalue weighted by molar-refractivity contribution is 0.615. The van der Waals surface area contributed by atoms with Crippen molar-refractivity contribution in [3.63, 3.8) is 0 Å². The summed E-state index contributed by atoms with van der Waals surface area (Å²) < 4.78 is 3.41. The zero-order chi connectivity index (χ0) is 19.8. The number of fused-ring (bicyclic) bond motifs is 3. The highest BCUT2D eigenvalue weighted by molar-refractivity contribution is 6.30. The van der Waals surface area contributed by atoms with Crippen LogP contribution in [-0.2, 0) is 6.54 Å². The Bertz CT molecular complexity index is 1290. The molecule has 1 aliphatic rings. The normalized spacial score (nSPS) is 14.4. The summed E-state index contributed by atoms with van der Waals surface area (Å²) in [6.45, 7) is 0.662. The number of aromatic nitrogens is 5. The van der Waals surface area contributed by atoms with E-state index in [1.165, 1.54) is 18.4 Å². The average molecular weight is 406 g/mol. The molecular weight excluding hydrogens is 386 g/mol. The minimum Gasteiger partial charge on any atom is -0.313 e. The molecule has 0 spiro atoms. The molecule has 7 heteroatoms. The van der Waals surface area contributed by atoms with Crippen molar-refractivity contribution in [1.82, 2.24) is 24.4 Å². The fraction of sp³-hybridized carbons (Fsp3) is 0.273. The predicted molar refractivity (Wildman–Crippen MR) is 114 cm³/mol. The molecule has 0 atom stereocenters. The Hall–Kier alpha value is -2.99. The SMILES string of the molecule is O=c1c2nnc3c(-c4ccc(Cl)cc4)cnn3c2ccn1CCC1=CCCCC1. The lowest BCUT2D eigenvalue weighted by atomic mass is 9.97. The van der Waals surface area contributed by atoms with Gasteiger partial charge in [0.05, 0.1) is 6.20 Å². The number of rotatable bonds is 4. The van der Waals surface area contributed by atoms with Gasteiger partial charge in [-0.05, 0) is 55.9 Å². The van der Waals surface area contributed by atoms with E-state index in [0.717, 1.165) is 30.4 Å². The van der Waals surface area contributed by atoms with Crippen LogP contribution in [0.15, 0.2) is 59.2 Å². The van der Waals surface area contributed by atoms with Crippen molar-refractivity contribution in [2.45, 2.75) is 38.6 Å². The van der Waals surface area contributed by atoms with Crippen LogP contribution >= 0.6 is 11.6 Å². The maximum absolute atomic E-state index is 12.9. The quantitative estimate of drug-likeness (QED) is 0.463. The summed E-state index contributed by atoms with van der Waals surface area (Å²) in [5.41, 5.74) is 4.74. The molecule has 4 aromatic rings. The third-order valence-corrected chi connectivity index (χ3v) is 5.80. The number of pyridine rings is 1. The van der Waals surface area contributed by atoms with Gasteiger partial charge < -0.3 is 4.57 Å². The van der Waals surface area contributed by atoms with Crippen molar-refractivity contribution in [1.29, 1.82) is 0 Å². The molecule has 1 aliphatic carbocycles. The molecule has 146 valence electrons. The molecule has 3 aromatic heterocycles. The summed E-state index contributed by atoms with van der Waals surface area (Å²) in [7, 11) is 0. The zero-order valence-corrected chi connectivity index (χ0v) is 16.6. The molecule has 0 unspecified atom stereocenters. The van der Waals surface area contributed by atoms with Gasteiger partial charge in [0.15, 0.2) is 11.2 Å². The lowest BCUT2D eigenvalue weighted by Gasteiger charge is -2.13. The van der Waals surface area contributed by atoms with Gasteiger partial charge in [-0.25, -0.2) is 4.52 Å². The van der Waals surface area contributed by atoms with Crippen LogP contribution in [0.1, 0.15) is 32.1 Å². The maximum Gasteiger partial charge on any atom is 0.280 e. The number of hydrogen-bond donors (Lipinski definition) is 0. The molecule has 0 saturated heterocycles. The van der Waals surface area contributed by atoms with E-state index in [-0.39, 0.29) is 5.56 Å². The highest BCUT2D eigenvalue weighted by Crippen LogP contribution is 2.26. The molecule has 1 aromatic carbocycles. The summed E-state index contributed by atoms with van der Waals surface area (Å²) in [5.74, 6) is 0. The highest BCUT2D eigenvalue weighted by Gasteiger charge is 2.14. The van der Waals surface area contributed by atoms with Crippen LogP contribution in [-0.4, -0.2) is 24.4 Å². The molecule has 29 heavy (non-hydrogen) atoms. The summed E-state index contributed by atoms with van der Waals surface area (Å²) in [6.07, 6.45) is 11.6. The van der Waals surface area contributed by atoms with Gasteiger partial charge in [-0.3, -0.25) is 4.79 Å².